The number of imide groups is 1. The van der Waals surface area contributed by atoms with E-state index in [0.29, 0.717) is 24.2 Å². The summed E-state index contributed by atoms with van der Waals surface area (Å²) < 4.78 is 5.60. The highest BCUT2D eigenvalue weighted by molar-refractivity contribution is 14.0. The molecule has 1 unspecified atom stereocenters. The van der Waals surface area contributed by atoms with E-state index >= 15 is 0 Å². The molecule has 2 amide bonds. The summed E-state index contributed by atoms with van der Waals surface area (Å²) in [5.41, 5.74) is 1.24. The Labute approximate surface area is 182 Å². The van der Waals surface area contributed by atoms with Crippen LogP contribution in [0.2, 0.25) is 0 Å². The molecule has 28 heavy (non-hydrogen) atoms. The van der Waals surface area contributed by atoms with Crippen LogP contribution in [0.4, 0.5) is 0 Å². The highest BCUT2D eigenvalue weighted by atomic mass is 127. The second-order valence-corrected chi connectivity index (χ2v) is 7.52. The Kier molecular flexibility index (Phi) is 6.59. The van der Waals surface area contributed by atoms with Crippen LogP contribution in [-0.2, 0) is 4.74 Å². The Bertz CT molecular complexity index is 741. The molecule has 1 atom stereocenters. The van der Waals surface area contributed by atoms with Crippen LogP contribution in [0.15, 0.2) is 29.3 Å². The van der Waals surface area contributed by atoms with Crippen molar-refractivity contribution >= 4 is 41.8 Å². The van der Waals surface area contributed by atoms with Gasteiger partial charge in [0.05, 0.1) is 24.3 Å². The highest BCUT2D eigenvalue weighted by Crippen LogP contribution is 2.38. The predicted octanol–water partition coefficient (Wildman–Crippen LogP) is 1.98. The molecule has 3 heterocycles. The van der Waals surface area contributed by atoms with E-state index in [1.54, 1.807) is 24.3 Å². The van der Waals surface area contributed by atoms with Gasteiger partial charge in [0, 0.05) is 38.2 Å². The maximum atomic E-state index is 12.5. The van der Waals surface area contributed by atoms with E-state index in [4.69, 9.17) is 4.74 Å². The van der Waals surface area contributed by atoms with Crippen LogP contribution in [0.5, 0.6) is 0 Å². The van der Waals surface area contributed by atoms with Crippen LogP contribution in [0, 0.1) is 5.41 Å². The van der Waals surface area contributed by atoms with Crippen LogP contribution >= 0.6 is 24.0 Å². The number of nitrogens with one attached hydrogen (secondary N) is 1. The number of carbonyl (C=O) groups is 2. The average Bonchev–Trinajstić information content (AvgIpc) is 3.38. The van der Waals surface area contributed by atoms with Gasteiger partial charge in [-0.05, 0) is 31.9 Å². The molecule has 1 aromatic carbocycles. The van der Waals surface area contributed by atoms with Gasteiger partial charge in [0.25, 0.3) is 11.8 Å². The van der Waals surface area contributed by atoms with E-state index < -0.39 is 0 Å². The van der Waals surface area contributed by atoms with Crippen LogP contribution in [-0.4, -0.2) is 73.5 Å². The molecule has 152 valence electrons. The molecule has 0 aromatic heterocycles. The number of carbonyl (C=O) groups excluding carboxylic acids is 2. The molecule has 7 nitrogen and oxygen atoms in total. The molecule has 0 radical (unpaired) electrons. The lowest BCUT2D eigenvalue weighted by Crippen LogP contribution is -2.42. The number of likely N-dealkylation sites (tertiary alicyclic amines) is 1. The number of ether oxygens (including phenoxy) is 1. The summed E-state index contributed by atoms with van der Waals surface area (Å²) in [6, 6.07) is 6.97. The number of halogens is 1. The SMILES string of the molecule is CCNC(=NCCN1C(=O)c2ccccc2C1=O)N1CCC2(CCOC2)C1.I. The smallest absolute Gasteiger partial charge is 0.261 e. The number of nitrogens with zero attached hydrogens (tertiary/aromatic N) is 3. The minimum absolute atomic E-state index is 0. The fourth-order valence-electron chi connectivity index (χ4n) is 4.21. The molecule has 0 saturated carbocycles. The van der Waals surface area contributed by atoms with Gasteiger partial charge in [0.1, 0.15) is 0 Å². The maximum Gasteiger partial charge on any atom is 0.261 e. The summed E-state index contributed by atoms with van der Waals surface area (Å²) in [4.78, 5) is 33.2. The predicted molar refractivity (Wildman–Crippen MR) is 117 cm³/mol. The third-order valence-corrected chi connectivity index (χ3v) is 5.72. The van der Waals surface area contributed by atoms with E-state index in [0.717, 1.165) is 51.6 Å². The molecule has 1 spiro atoms. The molecule has 2 saturated heterocycles. The summed E-state index contributed by atoms with van der Waals surface area (Å²) in [6.07, 6.45) is 2.23. The lowest BCUT2D eigenvalue weighted by Gasteiger charge is -2.25. The average molecular weight is 498 g/mol. The summed E-state index contributed by atoms with van der Waals surface area (Å²) in [5, 5.41) is 3.34. The van der Waals surface area contributed by atoms with E-state index in [9.17, 15) is 9.59 Å². The van der Waals surface area contributed by atoms with Crippen LogP contribution < -0.4 is 5.32 Å². The van der Waals surface area contributed by atoms with Gasteiger partial charge in [-0.15, -0.1) is 24.0 Å². The van der Waals surface area contributed by atoms with Crippen molar-refractivity contribution in [2.24, 2.45) is 10.4 Å². The molecule has 0 bridgehead atoms. The number of aliphatic imine (C=N–C) groups is 1. The zero-order chi connectivity index (χ0) is 18.9. The first-order valence-corrected chi connectivity index (χ1v) is 9.70. The number of hydrogen-bond donors (Lipinski definition) is 1. The van der Waals surface area contributed by atoms with E-state index in [1.165, 1.54) is 4.90 Å². The Morgan fingerprint density at radius 3 is 2.54 bits per heavy atom. The second kappa shape index (κ2) is 8.77. The van der Waals surface area contributed by atoms with Crippen molar-refractivity contribution in [1.29, 1.82) is 0 Å². The van der Waals surface area contributed by atoms with Gasteiger partial charge in [-0.1, -0.05) is 12.1 Å². The molecular formula is C20H27IN4O3. The molecule has 2 fully saturated rings. The number of amides is 2. The maximum absolute atomic E-state index is 12.5. The molecule has 1 aromatic rings. The number of rotatable bonds is 4. The first-order chi connectivity index (χ1) is 13.1. The standard InChI is InChI=1S/C20H26N4O3.HI/c1-2-21-19(23-10-7-20(13-23)8-12-27-14-20)22-9-11-24-17(25)15-5-3-4-6-16(15)18(24)26;/h3-6H,2,7-14H2,1H3,(H,21,22);1H. The number of benzene rings is 1. The molecule has 3 aliphatic heterocycles. The number of hydrogen-bond acceptors (Lipinski definition) is 4. The monoisotopic (exact) mass is 498 g/mol. The first kappa shape index (κ1) is 21.0. The van der Waals surface area contributed by atoms with E-state index in [2.05, 4.69) is 15.2 Å². The lowest BCUT2D eigenvalue weighted by molar-refractivity contribution is 0.0659. The van der Waals surface area contributed by atoms with Crippen LogP contribution in [0.1, 0.15) is 40.5 Å². The van der Waals surface area contributed by atoms with Crippen LogP contribution in [0.3, 0.4) is 0 Å². The van der Waals surface area contributed by atoms with Crippen molar-refractivity contribution in [2.45, 2.75) is 19.8 Å². The molecular weight excluding hydrogens is 471 g/mol. The normalized spacial score (nSPS) is 24.1. The second-order valence-electron chi connectivity index (χ2n) is 7.52. The summed E-state index contributed by atoms with van der Waals surface area (Å²) in [6.45, 7) is 7.11. The lowest BCUT2D eigenvalue weighted by atomic mass is 9.87. The van der Waals surface area contributed by atoms with Gasteiger partial charge in [0.2, 0.25) is 0 Å². The minimum Gasteiger partial charge on any atom is -0.381 e. The minimum atomic E-state index is -0.223. The summed E-state index contributed by atoms with van der Waals surface area (Å²) in [5.74, 6) is 0.413. The van der Waals surface area contributed by atoms with Gasteiger partial charge < -0.3 is 15.0 Å². The van der Waals surface area contributed by atoms with Crippen molar-refractivity contribution in [3.8, 4) is 0 Å². The Hall–Kier alpha value is -1.68. The number of guanidine groups is 1. The van der Waals surface area contributed by atoms with Gasteiger partial charge >= 0.3 is 0 Å². The topological polar surface area (TPSA) is 74.2 Å². The molecule has 3 aliphatic rings. The zero-order valence-corrected chi connectivity index (χ0v) is 18.5. The molecule has 4 rings (SSSR count). The summed E-state index contributed by atoms with van der Waals surface area (Å²) >= 11 is 0. The van der Waals surface area contributed by atoms with E-state index in [1.807, 2.05) is 6.92 Å². The van der Waals surface area contributed by atoms with Crippen molar-refractivity contribution in [3.63, 3.8) is 0 Å². The van der Waals surface area contributed by atoms with Crippen molar-refractivity contribution in [2.75, 3.05) is 45.9 Å². The van der Waals surface area contributed by atoms with Crippen molar-refractivity contribution in [1.82, 2.24) is 15.1 Å². The van der Waals surface area contributed by atoms with Crippen molar-refractivity contribution in [3.05, 3.63) is 35.4 Å². The highest BCUT2D eigenvalue weighted by Gasteiger charge is 2.42. The quantitative estimate of drug-likeness (QED) is 0.298. The fraction of sp³-hybridized carbons (Fsp3) is 0.550. The number of fused-ring (bicyclic) bond motifs is 1. The molecule has 0 aliphatic carbocycles. The Morgan fingerprint density at radius 1 is 1.21 bits per heavy atom. The first-order valence-electron chi connectivity index (χ1n) is 9.70. The third kappa shape index (κ3) is 3.89. The van der Waals surface area contributed by atoms with Crippen LogP contribution in [0.25, 0.3) is 0 Å². The van der Waals surface area contributed by atoms with E-state index in [-0.39, 0.29) is 41.2 Å². The van der Waals surface area contributed by atoms with Gasteiger partial charge in [-0.3, -0.25) is 19.5 Å². The zero-order valence-electron chi connectivity index (χ0n) is 16.1. The summed E-state index contributed by atoms with van der Waals surface area (Å²) in [7, 11) is 0. The molecule has 1 N–H and O–H groups in total. The molecule has 8 heteroatoms. The van der Waals surface area contributed by atoms with Crippen molar-refractivity contribution < 1.29 is 14.3 Å². The van der Waals surface area contributed by atoms with Gasteiger partial charge in [-0.2, -0.15) is 0 Å². The third-order valence-electron chi connectivity index (χ3n) is 5.72. The Balaban J connectivity index is 0.00000225. The van der Waals surface area contributed by atoms with Gasteiger partial charge in [-0.25, -0.2) is 0 Å². The van der Waals surface area contributed by atoms with Gasteiger partial charge in [0.15, 0.2) is 5.96 Å². The Morgan fingerprint density at radius 2 is 1.93 bits per heavy atom. The fourth-order valence-corrected chi connectivity index (χ4v) is 4.21. The largest absolute Gasteiger partial charge is 0.381 e.